The molecule has 1 aliphatic heterocycles. The van der Waals surface area contributed by atoms with Crippen LogP contribution < -0.4 is 10.5 Å². The van der Waals surface area contributed by atoms with Gasteiger partial charge in [-0.1, -0.05) is 11.6 Å². The highest BCUT2D eigenvalue weighted by Crippen LogP contribution is 2.26. The summed E-state index contributed by atoms with van der Waals surface area (Å²) in [5, 5.41) is 9.45. The molecule has 2 heterocycles. The third kappa shape index (κ3) is 3.26. The maximum Gasteiger partial charge on any atom is 0.325 e. The lowest BCUT2D eigenvalue weighted by atomic mass is 9.92. The maximum absolute atomic E-state index is 12.4. The molecule has 4 N–H and O–H groups in total. The average Bonchev–Trinajstić information content (AvgIpc) is 2.42. The third-order valence-electron chi connectivity index (χ3n) is 3.22. The molecule has 1 aliphatic rings. The second-order valence-corrected chi connectivity index (χ2v) is 6.73. The Morgan fingerprint density at radius 1 is 1.48 bits per heavy atom. The number of nitrogens with zero attached hydrogens (tertiary/aromatic N) is 1. The van der Waals surface area contributed by atoms with E-state index < -0.39 is 21.5 Å². The number of hydrogen-bond donors (Lipinski definition) is 3. The monoisotopic (exact) mass is 335 g/mol. The van der Waals surface area contributed by atoms with Gasteiger partial charge in [0, 0.05) is 32.3 Å². The molecular weight excluding hydrogens is 322 g/mol. The summed E-state index contributed by atoms with van der Waals surface area (Å²) in [6.07, 6.45) is 1.25. The molecule has 0 unspecified atom stereocenters. The highest BCUT2D eigenvalue weighted by Gasteiger charge is 2.44. The van der Waals surface area contributed by atoms with E-state index in [0.717, 1.165) is 6.07 Å². The molecule has 0 aliphatic carbocycles. The minimum Gasteiger partial charge on any atom is -0.480 e. The van der Waals surface area contributed by atoms with Crippen LogP contribution in [0, 0.1) is 0 Å². The first kappa shape index (κ1) is 16.0. The van der Waals surface area contributed by atoms with Crippen molar-refractivity contribution in [3.63, 3.8) is 0 Å². The fraction of sp³-hybridized carbons (Fsp3) is 0.455. The van der Waals surface area contributed by atoms with E-state index in [1.165, 1.54) is 6.20 Å². The molecule has 0 radical (unpaired) electrons. The van der Waals surface area contributed by atoms with E-state index in [2.05, 4.69) is 9.71 Å². The highest BCUT2D eigenvalue weighted by molar-refractivity contribution is 7.89. The molecule has 1 saturated heterocycles. The Hall–Kier alpha value is -1.42. The minimum atomic E-state index is -4.17. The first-order valence-corrected chi connectivity index (χ1v) is 7.89. The SMILES string of the molecule is Nc1ncc(Cl)cc1S(=O)(=O)NC1(C(=O)O)CCOCC1. The van der Waals surface area contributed by atoms with Gasteiger partial charge >= 0.3 is 5.97 Å². The van der Waals surface area contributed by atoms with Crippen molar-refractivity contribution < 1.29 is 23.1 Å². The van der Waals surface area contributed by atoms with Gasteiger partial charge in [-0.25, -0.2) is 13.4 Å². The molecule has 0 spiro atoms. The van der Waals surface area contributed by atoms with Crippen LogP contribution in [0.5, 0.6) is 0 Å². The number of pyridine rings is 1. The predicted octanol–water partition coefficient (Wildman–Crippen LogP) is 0.229. The van der Waals surface area contributed by atoms with Gasteiger partial charge in [-0.3, -0.25) is 4.79 Å². The van der Waals surface area contributed by atoms with Crippen LogP contribution in [0.25, 0.3) is 0 Å². The van der Waals surface area contributed by atoms with Crippen molar-refractivity contribution in [1.82, 2.24) is 9.71 Å². The lowest BCUT2D eigenvalue weighted by Gasteiger charge is -2.33. The Bertz CT molecular complexity index is 658. The number of carboxylic acid groups (broad SMARTS) is 1. The first-order valence-electron chi connectivity index (χ1n) is 6.03. The number of carbonyl (C=O) groups is 1. The van der Waals surface area contributed by atoms with Gasteiger partial charge in [0.1, 0.15) is 16.3 Å². The molecule has 0 bridgehead atoms. The zero-order valence-corrected chi connectivity index (χ0v) is 12.4. The number of hydrogen-bond acceptors (Lipinski definition) is 6. The van der Waals surface area contributed by atoms with Crippen LogP contribution in [0.15, 0.2) is 17.2 Å². The van der Waals surface area contributed by atoms with Gasteiger partial charge in [0.2, 0.25) is 10.0 Å². The van der Waals surface area contributed by atoms with Gasteiger partial charge in [0.15, 0.2) is 0 Å². The van der Waals surface area contributed by atoms with E-state index in [4.69, 9.17) is 22.1 Å². The Kier molecular flexibility index (Phi) is 4.38. The standard InChI is InChI=1S/C11H14ClN3O5S/c12-7-5-8(9(13)14-6-7)21(18,19)15-11(10(16)17)1-3-20-4-2-11/h5-6,15H,1-4H2,(H2,13,14)(H,16,17). The van der Waals surface area contributed by atoms with Crippen molar-refractivity contribution in [3.8, 4) is 0 Å². The van der Waals surface area contributed by atoms with Crippen LogP contribution in [-0.4, -0.2) is 43.2 Å². The van der Waals surface area contributed by atoms with E-state index in [1.54, 1.807) is 0 Å². The number of aromatic nitrogens is 1. The number of nitrogens with two attached hydrogens (primary N) is 1. The molecule has 0 saturated carbocycles. The van der Waals surface area contributed by atoms with Crippen molar-refractivity contribution in [2.24, 2.45) is 0 Å². The Morgan fingerprint density at radius 2 is 2.10 bits per heavy atom. The quantitative estimate of drug-likeness (QED) is 0.717. The highest BCUT2D eigenvalue weighted by atomic mass is 35.5. The number of halogens is 1. The van der Waals surface area contributed by atoms with Gasteiger partial charge in [-0.05, 0) is 6.07 Å². The van der Waals surface area contributed by atoms with Crippen LogP contribution in [-0.2, 0) is 19.6 Å². The van der Waals surface area contributed by atoms with Gasteiger partial charge in [0.25, 0.3) is 0 Å². The van der Waals surface area contributed by atoms with E-state index >= 15 is 0 Å². The van der Waals surface area contributed by atoms with Crippen molar-refractivity contribution in [2.75, 3.05) is 18.9 Å². The molecule has 2 rings (SSSR count). The van der Waals surface area contributed by atoms with Crippen LogP contribution >= 0.6 is 11.6 Å². The summed E-state index contributed by atoms with van der Waals surface area (Å²) < 4.78 is 32.1. The van der Waals surface area contributed by atoms with Gasteiger partial charge in [-0.2, -0.15) is 4.72 Å². The second kappa shape index (κ2) is 5.76. The number of carboxylic acids is 1. The average molecular weight is 336 g/mol. The molecule has 0 amide bonds. The number of anilines is 1. The van der Waals surface area contributed by atoms with Crippen molar-refractivity contribution in [3.05, 3.63) is 17.3 Å². The smallest absolute Gasteiger partial charge is 0.325 e. The van der Waals surface area contributed by atoms with Crippen LogP contribution in [0.1, 0.15) is 12.8 Å². The summed E-state index contributed by atoms with van der Waals surface area (Å²) in [6, 6.07) is 1.13. The van der Waals surface area contributed by atoms with Crippen LogP contribution in [0.3, 0.4) is 0 Å². The number of aliphatic carboxylic acids is 1. The maximum atomic E-state index is 12.4. The van der Waals surface area contributed by atoms with E-state index in [1.807, 2.05) is 0 Å². The molecule has 0 aromatic carbocycles. The van der Waals surface area contributed by atoms with Crippen LogP contribution in [0.2, 0.25) is 5.02 Å². The fourth-order valence-electron chi connectivity index (χ4n) is 2.04. The summed E-state index contributed by atoms with van der Waals surface area (Å²) in [6.45, 7) is 0.302. The van der Waals surface area contributed by atoms with Crippen molar-refractivity contribution in [2.45, 2.75) is 23.3 Å². The van der Waals surface area contributed by atoms with E-state index in [0.29, 0.717) is 0 Å². The summed E-state index contributed by atoms with van der Waals surface area (Å²) in [5.74, 6) is -1.51. The van der Waals surface area contributed by atoms with E-state index in [-0.39, 0.29) is 41.8 Å². The molecule has 1 aromatic heterocycles. The molecule has 1 fully saturated rings. The molecule has 1 aromatic rings. The van der Waals surface area contributed by atoms with Gasteiger partial charge < -0.3 is 15.6 Å². The summed E-state index contributed by atoms with van der Waals surface area (Å²) in [5.41, 5.74) is 3.92. The lowest BCUT2D eigenvalue weighted by molar-refractivity contribution is -0.147. The number of ether oxygens (including phenoxy) is 1. The zero-order valence-electron chi connectivity index (χ0n) is 10.9. The molecule has 116 valence electrons. The lowest BCUT2D eigenvalue weighted by Crippen LogP contribution is -2.57. The molecule has 21 heavy (non-hydrogen) atoms. The number of nitrogen functional groups attached to an aromatic ring is 1. The predicted molar refractivity (Wildman–Crippen MR) is 74.4 cm³/mol. The normalized spacial score (nSPS) is 18.3. The first-order chi connectivity index (χ1) is 9.77. The van der Waals surface area contributed by atoms with Gasteiger partial charge in [0.05, 0.1) is 5.02 Å². The fourth-order valence-corrected chi connectivity index (χ4v) is 3.79. The number of rotatable bonds is 4. The Balaban J connectivity index is 2.39. The molecular formula is C11H14ClN3O5S. The largest absolute Gasteiger partial charge is 0.480 e. The van der Waals surface area contributed by atoms with E-state index in [9.17, 15) is 18.3 Å². The zero-order chi connectivity index (χ0) is 15.7. The minimum absolute atomic E-state index is 0.0233. The number of nitrogens with one attached hydrogen (secondary N) is 1. The third-order valence-corrected chi connectivity index (χ3v) is 5.00. The summed E-state index contributed by atoms with van der Waals surface area (Å²) in [7, 11) is -4.17. The molecule has 8 nitrogen and oxygen atoms in total. The topological polar surface area (TPSA) is 132 Å². The van der Waals surface area contributed by atoms with Crippen LogP contribution in [0.4, 0.5) is 5.82 Å². The molecule has 10 heteroatoms. The second-order valence-electron chi connectivity index (χ2n) is 4.64. The Labute approximate surface area is 126 Å². The molecule has 0 atom stereocenters. The Morgan fingerprint density at radius 3 is 2.67 bits per heavy atom. The summed E-state index contributed by atoms with van der Waals surface area (Å²) >= 11 is 5.72. The number of sulfonamides is 1. The summed E-state index contributed by atoms with van der Waals surface area (Å²) in [4.78, 5) is 14.8. The van der Waals surface area contributed by atoms with Gasteiger partial charge in [-0.15, -0.1) is 0 Å². The van der Waals surface area contributed by atoms with Crippen molar-refractivity contribution in [1.29, 1.82) is 0 Å². The van der Waals surface area contributed by atoms with Crippen molar-refractivity contribution >= 4 is 33.4 Å².